The van der Waals surface area contributed by atoms with Gasteiger partial charge in [0, 0.05) is 12.1 Å². The highest BCUT2D eigenvalue weighted by Gasteiger charge is 2.36. The second-order valence-corrected chi connectivity index (χ2v) is 5.16. The van der Waals surface area contributed by atoms with Gasteiger partial charge in [0.05, 0.1) is 12.1 Å². The van der Waals surface area contributed by atoms with Gasteiger partial charge in [0.15, 0.2) is 0 Å². The van der Waals surface area contributed by atoms with E-state index in [0.717, 1.165) is 6.42 Å². The van der Waals surface area contributed by atoms with Crippen molar-refractivity contribution in [3.05, 3.63) is 35.6 Å². The highest BCUT2D eigenvalue weighted by molar-refractivity contribution is 5.82. The molecule has 18 heavy (non-hydrogen) atoms. The summed E-state index contributed by atoms with van der Waals surface area (Å²) in [4.78, 5) is 13.8. The lowest BCUT2D eigenvalue weighted by atomic mass is 10.0. The second kappa shape index (κ2) is 5.06. The zero-order valence-corrected chi connectivity index (χ0v) is 10.8. The van der Waals surface area contributed by atoms with Crippen LogP contribution in [0.1, 0.15) is 31.9 Å². The van der Waals surface area contributed by atoms with E-state index in [1.165, 1.54) is 6.07 Å². The van der Waals surface area contributed by atoms with E-state index in [1.807, 2.05) is 0 Å². The number of nitrogens with zero attached hydrogens (tertiary/aromatic N) is 1. The van der Waals surface area contributed by atoms with Gasteiger partial charge in [0.1, 0.15) is 5.82 Å². The number of hydrogen-bond donors (Lipinski definition) is 1. The van der Waals surface area contributed by atoms with Gasteiger partial charge in [0.2, 0.25) is 5.91 Å². The number of likely N-dealkylation sites (tertiary alicyclic amines) is 1. The number of benzene rings is 1. The molecule has 3 atom stereocenters. The Balaban J connectivity index is 2.31. The molecule has 2 N–H and O–H groups in total. The van der Waals surface area contributed by atoms with E-state index >= 15 is 0 Å². The molecule has 0 aromatic heterocycles. The predicted octanol–water partition coefficient (Wildman–Crippen LogP) is 2.08. The van der Waals surface area contributed by atoms with E-state index in [9.17, 15) is 9.18 Å². The fourth-order valence-electron chi connectivity index (χ4n) is 2.59. The van der Waals surface area contributed by atoms with Crippen molar-refractivity contribution in [2.24, 2.45) is 11.7 Å². The number of halogens is 1. The summed E-state index contributed by atoms with van der Waals surface area (Å²) in [5.41, 5.74) is 6.25. The molecular weight excluding hydrogens is 231 g/mol. The first-order chi connectivity index (χ1) is 8.50. The third-order valence-corrected chi connectivity index (χ3v) is 3.45. The minimum absolute atomic E-state index is 0.104. The number of hydrogen-bond acceptors (Lipinski definition) is 2. The minimum Gasteiger partial charge on any atom is -0.334 e. The molecule has 1 aromatic carbocycles. The molecule has 1 fully saturated rings. The van der Waals surface area contributed by atoms with Crippen molar-refractivity contribution < 1.29 is 9.18 Å². The molecule has 0 saturated carbocycles. The quantitative estimate of drug-likeness (QED) is 0.873. The molecule has 0 bridgehead atoms. The average molecular weight is 250 g/mol. The van der Waals surface area contributed by atoms with Gasteiger partial charge < -0.3 is 10.6 Å². The zero-order valence-electron chi connectivity index (χ0n) is 10.8. The van der Waals surface area contributed by atoms with Crippen LogP contribution >= 0.6 is 0 Å². The highest BCUT2D eigenvalue weighted by Crippen LogP contribution is 2.36. The van der Waals surface area contributed by atoms with Gasteiger partial charge in [-0.2, -0.15) is 0 Å². The number of rotatable bonds is 2. The van der Waals surface area contributed by atoms with E-state index in [4.69, 9.17) is 5.73 Å². The van der Waals surface area contributed by atoms with Crippen molar-refractivity contribution in [2.75, 3.05) is 6.54 Å². The fraction of sp³-hybridized carbons (Fsp3) is 0.500. The van der Waals surface area contributed by atoms with Crippen LogP contribution < -0.4 is 5.73 Å². The molecular formula is C14H19FN2O. The number of nitrogens with two attached hydrogens (primary N) is 1. The van der Waals surface area contributed by atoms with Crippen LogP contribution in [0.25, 0.3) is 0 Å². The Kier molecular flexibility index (Phi) is 3.66. The molecule has 0 aliphatic carbocycles. The molecule has 1 saturated heterocycles. The number of carbonyl (C=O) groups is 1. The van der Waals surface area contributed by atoms with Crippen molar-refractivity contribution in [3.8, 4) is 0 Å². The van der Waals surface area contributed by atoms with Crippen molar-refractivity contribution >= 4 is 5.91 Å². The maximum atomic E-state index is 13.8. The summed E-state index contributed by atoms with van der Waals surface area (Å²) in [6.45, 7) is 4.39. The lowest BCUT2D eigenvalue weighted by Crippen LogP contribution is -2.42. The maximum absolute atomic E-state index is 13.8. The van der Waals surface area contributed by atoms with Gasteiger partial charge >= 0.3 is 0 Å². The van der Waals surface area contributed by atoms with Crippen LogP contribution in [-0.2, 0) is 4.79 Å². The van der Waals surface area contributed by atoms with Crippen molar-refractivity contribution in [1.29, 1.82) is 0 Å². The predicted molar refractivity (Wildman–Crippen MR) is 68.3 cm³/mol. The lowest BCUT2D eigenvalue weighted by Gasteiger charge is -2.26. The Hall–Kier alpha value is -1.42. The molecule has 1 aliphatic heterocycles. The van der Waals surface area contributed by atoms with E-state index in [2.05, 4.69) is 6.92 Å². The topological polar surface area (TPSA) is 46.3 Å². The Morgan fingerprint density at radius 1 is 1.50 bits per heavy atom. The van der Waals surface area contributed by atoms with Gasteiger partial charge in [-0.25, -0.2) is 4.39 Å². The van der Waals surface area contributed by atoms with E-state index in [1.54, 1.807) is 30.0 Å². The summed E-state index contributed by atoms with van der Waals surface area (Å²) in [5.74, 6) is 0.0176. The largest absolute Gasteiger partial charge is 0.334 e. The van der Waals surface area contributed by atoms with Gasteiger partial charge in [-0.1, -0.05) is 25.1 Å². The molecule has 98 valence electrons. The molecule has 1 amide bonds. The molecule has 2 rings (SSSR count). The molecule has 0 radical (unpaired) electrons. The monoisotopic (exact) mass is 250 g/mol. The summed E-state index contributed by atoms with van der Waals surface area (Å²) in [5, 5.41) is 0. The van der Waals surface area contributed by atoms with Crippen molar-refractivity contribution in [3.63, 3.8) is 0 Å². The van der Waals surface area contributed by atoms with Crippen LogP contribution in [0.15, 0.2) is 24.3 Å². The van der Waals surface area contributed by atoms with Crippen molar-refractivity contribution in [1.82, 2.24) is 4.90 Å². The molecule has 3 nitrogen and oxygen atoms in total. The van der Waals surface area contributed by atoms with Gasteiger partial charge in [-0.05, 0) is 25.3 Å². The van der Waals surface area contributed by atoms with E-state index in [-0.39, 0.29) is 17.8 Å². The Labute approximate surface area is 107 Å². The Morgan fingerprint density at radius 3 is 2.78 bits per heavy atom. The standard InChI is InChI=1S/C14H19FN2O/c1-9-7-13(11-5-3-4-6-12(11)15)17(8-9)14(18)10(2)16/h3-6,9-10,13H,7-8,16H2,1-2H3/t9?,10-,13?/m1/s1. The Bertz CT molecular complexity index is 447. The van der Waals surface area contributed by atoms with E-state index < -0.39 is 6.04 Å². The molecule has 1 aromatic rings. The highest BCUT2D eigenvalue weighted by atomic mass is 19.1. The summed E-state index contributed by atoms with van der Waals surface area (Å²) < 4.78 is 13.8. The van der Waals surface area contributed by atoms with Gasteiger partial charge in [0.25, 0.3) is 0 Å². The summed E-state index contributed by atoms with van der Waals surface area (Å²) in [6.07, 6.45) is 0.791. The molecule has 1 heterocycles. The third kappa shape index (κ3) is 2.38. The molecule has 4 heteroatoms. The fourth-order valence-corrected chi connectivity index (χ4v) is 2.59. The lowest BCUT2D eigenvalue weighted by molar-refractivity contribution is -0.133. The molecule has 1 aliphatic rings. The average Bonchev–Trinajstić information content (AvgIpc) is 2.70. The van der Waals surface area contributed by atoms with Crippen LogP contribution in [0.3, 0.4) is 0 Å². The zero-order chi connectivity index (χ0) is 13.3. The number of carbonyl (C=O) groups excluding carboxylic acids is 1. The molecule has 0 spiro atoms. The Morgan fingerprint density at radius 2 is 2.17 bits per heavy atom. The van der Waals surface area contributed by atoms with E-state index in [0.29, 0.717) is 18.0 Å². The van der Waals surface area contributed by atoms with Crippen LogP contribution in [-0.4, -0.2) is 23.4 Å². The van der Waals surface area contributed by atoms with Crippen LogP contribution in [0.5, 0.6) is 0 Å². The summed E-state index contributed by atoms with van der Waals surface area (Å²) in [7, 11) is 0. The first-order valence-corrected chi connectivity index (χ1v) is 6.31. The summed E-state index contributed by atoms with van der Waals surface area (Å²) in [6, 6.07) is 5.93. The summed E-state index contributed by atoms with van der Waals surface area (Å²) >= 11 is 0. The number of amides is 1. The first-order valence-electron chi connectivity index (χ1n) is 6.31. The first kappa shape index (κ1) is 13.0. The molecule has 2 unspecified atom stereocenters. The van der Waals surface area contributed by atoms with Gasteiger partial charge in [-0.3, -0.25) is 4.79 Å². The third-order valence-electron chi connectivity index (χ3n) is 3.45. The van der Waals surface area contributed by atoms with Crippen LogP contribution in [0.4, 0.5) is 4.39 Å². The minimum atomic E-state index is -0.537. The van der Waals surface area contributed by atoms with Crippen molar-refractivity contribution in [2.45, 2.75) is 32.4 Å². The maximum Gasteiger partial charge on any atom is 0.239 e. The van der Waals surface area contributed by atoms with Crippen LogP contribution in [0.2, 0.25) is 0 Å². The normalized spacial score (nSPS) is 25.2. The van der Waals surface area contributed by atoms with Gasteiger partial charge in [-0.15, -0.1) is 0 Å². The van der Waals surface area contributed by atoms with Crippen LogP contribution in [0, 0.1) is 11.7 Å². The smallest absolute Gasteiger partial charge is 0.239 e. The SMILES string of the molecule is CC1CC(c2ccccc2F)N(C(=O)[C@@H](C)N)C1. The second-order valence-electron chi connectivity index (χ2n) is 5.16.